The molecule has 1 saturated carbocycles. The van der Waals surface area contributed by atoms with E-state index in [0.717, 1.165) is 25.6 Å². The zero-order chi connectivity index (χ0) is 10.5. The van der Waals surface area contributed by atoms with Gasteiger partial charge in [0.1, 0.15) is 0 Å². The standard InChI is InChI=1S/C13H23NO/c1-11-3-2-4-13(9-11)15-10-12-5-7-14-8-6-12/h5,11,13-14H,2-4,6-10H2,1H3. The molecule has 2 nitrogen and oxygen atoms in total. The summed E-state index contributed by atoms with van der Waals surface area (Å²) in [5.41, 5.74) is 1.49. The Morgan fingerprint density at radius 3 is 3.13 bits per heavy atom. The van der Waals surface area contributed by atoms with Crippen LogP contribution in [-0.4, -0.2) is 25.8 Å². The summed E-state index contributed by atoms with van der Waals surface area (Å²) in [5, 5.41) is 3.33. The Balaban J connectivity index is 1.70. The molecular weight excluding hydrogens is 186 g/mol. The lowest BCUT2D eigenvalue weighted by Gasteiger charge is -2.27. The smallest absolute Gasteiger partial charge is 0.0681 e. The van der Waals surface area contributed by atoms with Crippen LogP contribution in [0.3, 0.4) is 0 Å². The summed E-state index contributed by atoms with van der Waals surface area (Å²) in [4.78, 5) is 0. The van der Waals surface area contributed by atoms with Gasteiger partial charge in [-0.1, -0.05) is 25.8 Å². The summed E-state index contributed by atoms with van der Waals surface area (Å²) in [7, 11) is 0. The molecule has 86 valence electrons. The third-order valence-corrected chi connectivity index (χ3v) is 3.55. The molecule has 1 heterocycles. The van der Waals surface area contributed by atoms with Crippen molar-refractivity contribution in [2.24, 2.45) is 5.92 Å². The van der Waals surface area contributed by atoms with Crippen LogP contribution in [-0.2, 0) is 4.74 Å². The molecule has 2 aliphatic rings. The van der Waals surface area contributed by atoms with Gasteiger partial charge in [-0.25, -0.2) is 0 Å². The topological polar surface area (TPSA) is 21.3 Å². The fraction of sp³-hybridized carbons (Fsp3) is 0.846. The van der Waals surface area contributed by atoms with E-state index >= 15 is 0 Å². The number of ether oxygens (including phenoxy) is 1. The van der Waals surface area contributed by atoms with Gasteiger partial charge in [0, 0.05) is 6.54 Å². The average Bonchev–Trinajstić information content (AvgIpc) is 2.28. The summed E-state index contributed by atoms with van der Waals surface area (Å²) in [5.74, 6) is 0.866. The highest BCUT2D eigenvalue weighted by Gasteiger charge is 2.19. The molecule has 0 amide bonds. The molecule has 0 bridgehead atoms. The fourth-order valence-electron chi connectivity index (χ4n) is 2.56. The molecule has 1 fully saturated rings. The van der Waals surface area contributed by atoms with Crippen molar-refractivity contribution in [3.8, 4) is 0 Å². The van der Waals surface area contributed by atoms with Crippen molar-refractivity contribution in [1.29, 1.82) is 0 Å². The highest BCUT2D eigenvalue weighted by Crippen LogP contribution is 2.26. The quantitative estimate of drug-likeness (QED) is 0.721. The van der Waals surface area contributed by atoms with Gasteiger partial charge >= 0.3 is 0 Å². The Hall–Kier alpha value is -0.340. The second-order valence-corrected chi connectivity index (χ2v) is 5.02. The van der Waals surface area contributed by atoms with E-state index in [1.807, 2.05) is 0 Å². The van der Waals surface area contributed by atoms with E-state index in [-0.39, 0.29) is 0 Å². The van der Waals surface area contributed by atoms with Crippen LogP contribution in [0.2, 0.25) is 0 Å². The van der Waals surface area contributed by atoms with E-state index in [1.54, 1.807) is 0 Å². The maximum Gasteiger partial charge on any atom is 0.0681 e. The first kappa shape index (κ1) is 11.2. The summed E-state index contributed by atoms with van der Waals surface area (Å²) >= 11 is 0. The maximum atomic E-state index is 6.00. The van der Waals surface area contributed by atoms with Crippen LogP contribution in [0.25, 0.3) is 0 Å². The third kappa shape index (κ3) is 3.62. The predicted molar refractivity (Wildman–Crippen MR) is 62.9 cm³/mol. The lowest BCUT2D eigenvalue weighted by atomic mass is 9.89. The molecular formula is C13H23NO. The zero-order valence-corrected chi connectivity index (χ0v) is 9.80. The maximum absolute atomic E-state index is 6.00. The molecule has 1 aliphatic carbocycles. The molecule has 15 heavy (non-hydrogen) atoms. The molecule has 0 saturated heterocycles. The summed E-state index contributed by atoms with van der Waals surface area (Å²) in [6, 6.07) is 0. The Morgan fingerprint density at radius 1 is 1.47 bits per heavy atom. The Morgan fingerprint density at radius 2 is 2.40 bits per heavy atom. The van der Waals surface area contributed by atoms with Crippen LogP contribution < -0.4 is 5.32 Å². The highest BCUT2D eigenvalue weighted by molar-refractivity contribution is 5.07. The van der Waals surface area contributed by atoms with Crippen LogP contribution in [0.5, 0.6) is 0 Å². The van der Waals surface area contributed by atoms with Gasteiger partial charge in [0.05, 0.1) is 12.7 Å². The minimum atomic E-state index is 0.532. The van der Waals surface area contributed by atoms with Crippen molar-refractivity contribution in [3.05, 3.63) is 11.6 Å². The van der Waals surface area contributed by atoms with Crippen LogP contribution >= 0.6 is 0 Å². The minimum absolute atomic E-state index is 0.532. The van der Waals surface area contributed by atoms with Gasteiger partial charge in [0.2, 0.25) is 0 Å². The highest BCUT2D eigenvalue weighted by atomic mass is 16.5. The molecule has 2 unspecified atom stereocenters. The van der Waals surface area contributed by atoms with E-state index in [9.17, 15) is 0 Å². The predicted octanol–water partition coefficient (Wildman–Crippen LogP) is 2.50. The van der Waals surface area contributed by atoms with Gasteiger partial charge < -0.3 is 10.1 Å². The van der Waals surface area contributed by atoms with Gasteiger partial charge in [-0.05, 0) is 37.3 Å². The number of hydrogen-bond acceptors (Lipinski definition) is 2. The van der Waals surface area contributed by atoms with Crippen molar-refractivity contribution >= 4 is 0 Å². The molecule has 0 spiro atoms. The first-order valence-electron chi connectivity index (χ1n) is 6.35. The van der Waals surface area contributed by atoms with E-state index in [4.69, 9.17) is 4.74 Å². The van der Waals surface area contributed by atoms with Gasteiger partial charge in [-0.2, -0.15) is 0 Å². The van der Waals surface area contributed by atoms with Crippen LogP contribution in [0.1, 0.15) is 39.0 Å². The van der Waals surface area contributed by atoms with E-state index in [0.29, 0.717) is 6.10 Å². The van der Waals surface area contributed by atoms with Crippen LogP contribution in [0, 0.1) is 5.92 Å². The SMILES string of the molecule is CC1CCCC(OCC2=CCNCC2)C1. The molecule has 0 aromatic heterocycles. The monoisotopic (exact) mass is 209 g/mol. The second-order valence-electron chi connectivity index (χ2n) is 5.02. The Kier molecular flexibility index (Phi) is 4.21. The van der Waals surface area contributed by atoms with Crippen molar-refractivity contribution in [2.75, 3.05) is 19.7 Å². The Labute approximate surface area is 93.1 Å². The summed E-state index contributed by atoms with van der Waals surface area (Å²) in [6.45, 7) is 5.37. The lowest BCUT2D eigenvalue weighted by molar-refractivity contribution is 0.0273. The van der Waals surface area contributed by atoms with Crippen LogP contribution in [0.15, 0.2) is 11.6 Å². The van der Waals surface area contributed by atoms with E-state index in [1.165, 1.54) is 37.7 Å². The first-order valence-corrected chi connectivity index (χ1v) is 6.35. The minimum Gasteiger partial charge on any atom is -0.374 e. The van der Waals surface area contributed by atoms with E-state index < -0.39 is 0 Å². The Bertz CT molecular complexity index is 225. The van der Waals surface area contributed by atoms with Crippen molar-refractivity contribution in [2.45, 2.75) is 45.1 Å². The molecule has 0 aromatic rings. The number of nitrogens with one attached hydrogen (secondary N) is 1. The molecule has 0 aromatic carbocycles. The molecule has 0 radical (unpaired) electrons. The summed E-state index contributed by atoms with van der Waals surface area (Å²) in [6.07, 6.45) is 9.28. The molecule has 2 heteroatoms. The van der Waals surface area contributed by atoms with Crippen molar-refractivity contribution < 1.29 is 4.74 Å². The van der Waals surface area contributed by atoms with Crippen LogP contribution in [0.4, 0.5) is 0 Å². The molecule has 2 rings (SSSR count). The zero-order valence-electron chi connectivity index (χ0n) is 9.80. The first-order chi connectivity index (χ1) is 7.34. The second kappa shape index (κ2) is 5.66. The number of hydrogen-bond donors (Lipinski definition) is 1. The normalized spacial score (nSPS) is 32.5. The average molecular weight is 209 g/mol. The number of rotatable bonds is 3. The fourth-order valence-corrected chi connectivity index (χ4v) is 2.56. The lowest BCUT2D eigenvalue weighted by Crippen LogP contribution is -2.25. The van der Waals surface area contributed by atoms with Gasteiger partial charge in [-0.15, -0.1) is 0 Å². The largest absolute Gasteiger partial charge is 0.374 e. The van der Waals surface area contributed by atoms with Gasteiger partial charge in [0.15, 0.2) is 0 Å². The van der Waals surface area contributed by atoms with Crippen molar-refractivity contribution in [3.63, 3.8) is 0 Å². The molecule has 1 N–H and O–H groups in total. The van der Waals surface area contributed by atoms with Gasteiger partial charge in [0.25, 0.3) is 0 Å². The molecule has 2 atom stereocenters. The third-order valence-electron chi connectivity index (χ3n) is 3.55. The van der Waals surface area contributed by atoms with Gasteiger partial charge in [-0.3, -0.25) is 0 Å². The van der Waals surface area contributed by atoms with Crippen molar-refractivity contribution in [1.82, 2.24) is 5.32 Å². The van der Waals surface area contributed by atoms with E-state index in [2.05, 4.69) is 18.3 Å². The molecule has 1 aliphatic heterocycles. The summed E-state index contributed by atoms with van der Waals surface area (Å²) < 4.78 is 6.00.